The molecule has 1 aromatic heterocycles. The molecule has 1 aromatic rings. The highest BCUT2D eigenvalue weighted by atomic mass is 32.1. The molecule has 0 aromatic carbocycles. The lowest BCUT2D eigenvalue weighted by Crippen LogP contribution is -2.38. The van der Waals surface area contributed by atoms with Gasteiger partial charge in [-0.3, -0.25) is 0 Å². The van der Waals surface area contributed by atoms with Crippen molar-refractivity contribution in [1.29, 1.82) is 0 Å². The SMILES string of the molecule is Cc1nc(C(C)NCC(C)CN(C)C(=O)OC(C)(C)C)cs1. The van der Waals surface area contributed by atoms with Crippen molar-refractivity contribution in [2.75, 3.05) is 20.1 Å². The van der Waals surface area contributed by atoms with E-state index in [9.17, 15) is 4.79 Å². The van der Waals surface area contributed by atoms with Crippen LogP contribution in [0.3, 0.4) is 0 Å². The summed E-state index contributed by atoms with van der Waals surface area (Å²) in [5.41, 5.74) is 0.624. The third-order valence-electron chi connectivity index (χ3n) is 3.14. The Morgan fingerprint density at radius 1 is 1.45 bits per heavy atom. The largest absolute Gasteiger partial charge is 0.444 e. The van der Waals surface area contributed by atoms with Crippen LogP contribution in [0, 0.1) is 12.8 Å². The van der Waals surface area contributed by atoms with Crippen molar-refractivity contribution in [3.63, 3.8) is 0 Å². The standard InChI is InChI=1S/C16H29N3O2S/c1-11(9-19(7)15(20)21-16(4,5)6)8-17-12(2)14-10-22-13(3)18-14/h10-12,17H,8-9H2,1-7H3. The van der Waals surface area contributed by atoms with Crippen LogP contribution in [0.25, 0.3) is 0 Å². The number of aryl methyl sites for hydroxylation is 1. The van der Waals surface area contributed by atoms with Crippen molar-refractivity contribution in [2.45, 2.75) is 53.2 Å². The summed E-state index contributed by atoms with van der Waals surface area (Å²) < 4.78 is 5.36. The first-order valence-corrected chi connectivity index (χ1v) is 8.56. The van der Waals surface area contributed by atoms with E-state index >= 15 is 0 Å². The van der Waals surface area contributed by atoms with E-state index in [1.54, 1.807) is 23.3 Å². The Bertz CT molecular complexity index is 482. The Hall–Kier alpha value is -1.14. The van der Waals surface area contributed by atoms with E-state index in [-0.39, 0.29) is 12.1 Å². The average molecular weight is 327 g/mol. The highest BCUT2D eigenvalue weighted by Crippen LogP contribution is 2.16. The average Bonchev–Trinajstić information content (AvgIpc) is 2.80. The molecule has 2 atom stereocenters. The van der Waals surface area contributed by atoms with Crippen LogP contribution in [0.15, 0.2) is 5.38 Å². The van der Waals surface area contributed by atoms with Gasteiger partial charge in [0.15, 0.2) is 0 Å². The molecule has 0 saturated heterocycles. The molecule has 0 radical (unpaired) electrons. The minimum absolute atomic E-state index is 0.222. The van der Waals surface area contributed by atoms with E-state index in [1.165, 1.54) is 0 Å². The van der Waals surface area contributed by atoms with Gasteiger partial charge >= 0.3 is 6.09 Å². The molecule has 0 saturated carbocycles. The minimum Gasteiger partial charge on any atom is -0.444 e. The van der Waals surface area contributed by atoms with Crippen molar-refractivity contribution in [1.82, 2.24) is 15.2 Å². The van der Waals surface area contributed by atoms with Crippen LogP contribution in [0.1, 0.15) is 51.4 Å². The maximum atomic E-state index is 11.9. The summed E-state index contributed by atoms with van der Waals surface area (Å²) in [6.07, 6.45) is -0.275. The van der Waals surface area contributed by atoms with Crippen LogP contribution < -0.4 is 5.32 Å². The first kappa shape index (κ1) is 18.9. The number of amides is 1. The lowest BCUT2D eigenvalue weighted by Gasteiger charge is -2.27. The second-order valence-electron chi connectivity index (χ2n) is 6.89. The van der Waals surface area contributed by atoms with Gasteiger partial charge in [0.05, 0.1) is 10.7 Å². The monoisotopic (exact) mass is 327 g/mol. The zero-order chi connectivity index (χ0) is 16.9. The van der Waals surface area contributed by atoms with Gasteiger partial charge in [0, 0.05) is 25.0 Å². The predicted octanol–water partition coefficient (Wildman–Crippen LogP) is 3.61. The molecule has 22 heavy (non-hydrogen) atoms. The first-order chi connectivity index (χ1) is 10.1. The van der Waals surface area contributed by atoms with Crippen molar-refractivity contribution >= 4 is 17.4 Å². The molecular formula is C16H29N3O2S. The fourth-order valence-electron chi connectivity index (χ4n) is 2.01. The molecule has 2 unspecified atom stereocenters. The summed E-state index contributed by atoms with van der Waals surface area (Å²) in [4.78, 5) is 18.1. The van der Waals surface area contributed by atoms with Gasteiger partial charge in [0.1, 0.15) is 5.60 Å². The molecule has 5 nitrogen and oxygen atoms in total. The van der Waals surface area contributed by atoms with Crippen LogP contribution in [-0.2, 0) is 4.74 Å². The van der Waals surface area contributed by atoms with Gasteiger partial charge in [-0.15, -0.1) is 11.3 Å². The molecule has 1 rings (SSSR count). The topological polar surface area (TPSA) is 54.5 Å². The third kappa shape index (κ3) is 6.75. The molecule has 0 fully saturated rings. The highest BCUT2D eigenvalue weighted by Gasteiger charge is 2.21. The Morgan fingerprint density at radius 2 is 2.09 bits per heavy atom. The van der Waals surface area contributed by atoms with Crippen LogP contribution in [0.4, 0.5) is 4.79 Å². The second kappa shape index (κ2) is 7.92. The summed E-state index contributed by atoms with van der Waals surface area (Å²) >= 11 is 1.67. The smallest absolute Gasteiger partial charge is 0.410 e. The number of ether oxygens (including phenoxy) is 1. The number of hydrogen-bond acceptors (Lipinski definition) is 5. The van der Waals surface area contributed by atoms with Gasteiger partial charge in [-0.05, 0) is 47.1 Å². The third-order valence-corrected chi connectivity index (χ3v) is 3.94. The van der Waals surface area contributed by atoms with E-state index in [2.05, 4.69) is 29.5 Å². The summed E-state index contributed by atoms with van der Waals surface area (Å²) in [6.45, 7) is 13.4. The number of rotatable bonds is 6. The van der Waals surface area contributed by atoms with Crippen molar-refractivity contribution < 1.29 is 9.53 Å². The molecule has 0 spiro atoms. The molecule has 1 heterocycles. The number of nitrogens with zero attached hydrogens (tertiary/aromatic N) is 2. The molecule has 126 valence electrons. The minimum atomic E-state index is -0.455. The van der Waals surface area contributed by atoms with Crippen LogP contribution in [0.5, 0.6) is 0 Å². The lowest BCUT2D eigenvalue weighted by molar-refractivity contribution is 0.0276. The van der Waals surface area contributed by atoms with Crippen molar-refractivity contribution in [2.24, 2.45) is 5.92 Å². The zero-order valence-electron chi connectivity index (χ0n) is 14.8. The molecule has 0 bridgehead atoms. The molecule has 1 N–H and O–H groups in total. The molecular weight excluding hydrogens is 298 g/mol. The first-order valence-electron chi connectivity index (χ1n) is 7.68. The van der Waals surface area contributed by atoms with E-state index in [0.717, 1.165) is 17.2 Å². The second-order valence-corrected chi connectivity index (χ2v) is 7.95. The normalized spacial score (nSPS) is 14.5. The van der Waals surface area contributed by atoms with Crippen LogP contribution in [-0.4, -0.2) is 41.7 Å². The predicted molar refractivity (Wildman–Crippen MR) is 91.3 cm³/mol. The molecule has 1 amide bonds. The van der Waals surface area contributed by atoms with Gasteiger partial charge in [0.2, 0.25) is 0 Å². The maximum absolute atomic E-state index is 11.9. The van der Waals surface area contributed by atoms with Crippen LogP contribution in [0.2, 0.25) is 0 Å². The lowest BCUT2D eigenvalue weighted by atomic mass is 10.1. The zero-order valence-corrected chi connectivity index (χ0v) is 15.6. The number of aromatic nitrogens is 1. The Morgan fingerprint density at radius 3 is 2.59 bits per heavy atom. The van der Waals surface area contributed by atoms with Gasteiger partial charge in [-0.1, -0.05) is 6.92 Å². The van der Waals surface area contributed by atoms with E-state index in [0.29, 0.717) is 12.5 Å². The summed E-state index contributed by atoms with van der Waals surface area (Å²) in [6, 6.07) is 0.222. The highest BCUT2D eigenvalue weighted by molar-refractivity contribution is 7.09. The number of nitrogens with one attached hydrogen (secondary N) is 1. The number of carbonyl (C=O) groups excluding carboxylic acids is 1. The Labute approximate surface area is 138 Å². The molecule has 0 aliphatic rings. The summed E-state index contributed by atoms with van der Waals surface area (Å²) in [5, 5.41) is 6.64. The van der Waals surface area contributed by atoms with E-state index in [4.69, 9.17) is 4.74 Å². The summed E-state index contributed by atoms with van der Waals surface area (Å²) in [5.74, 6) is 0.333. The van der Waals surface area contributed by atoms with Gasteiger partial charge in [0.25, 0.3) is 0 Å². The molecule has 0 aliphatic heterocycles. The number of carbonyl (C=O) groups is 1. The fraction of sp³-hybridized carbons (Fsp3) is 0.750. The molecule has 6 heteroatoms. The number of hydrogen-bond donors (Lipinski definition) is 1. The quantitative estimate of drug-likeness (QED) is 0.867. The Kier molecular flexibility index (Phi) is 6.81. The fourth-order valence-corrected chi connectivity index (χ4v) is 2.71. The van der Waals surface area contributed by atoms with Crippen molar-refractivity contribution in [3.8, 4) is 0 Å². The van der Waals surface area contributed by atoms with Gasteiger partial charge < -0.3 is 15.0 Å². The maximum Gasteiger partial charge on any atom is 0.410 e. The van der Waals surface area contributed by atoms with Crippen molar-refractivity contribution in [3.05, 3.63) is 16.1 Å². The number of thiazole rings is 1. The van der Waals surface area contributed by atoms with E-state index in [1.807, 2.05) is 27.7 Å². The van der Waals surface area contributed by atoms with Crippen LogP contribution >= 0.6 is 11.3 Å². The van der Waals surface area contributed by atoms with E-state index < -0.39 is 5.60 Å². The summed E-state index contributed by atoms with van der Waals surface area (Å²) in [7, 11) is 1.78. The van der Waals surface area contributed by atoms with Gasteiger partial charge in [-0.25, -0.2) is 9.78 Å². The molecule has 0 aliphatic carbocycles. The Balaban J connectivity index is 2.36. The van der Waals surface area contributed by atoms with Gasteiger partial charge in [-0.2, -0.15) is 0 Å².